The van der Waals surface area contributed by atoms with E-state index in [9.17, 15) is 9.59 Å². The van der Waals surface area contributed by atoms with E-state index in [4.69, 9.17) is 0 Å². The maximum Gasteiger partial charge on any atom is 0.295 e. The minimum Gasteiger partial charge on any atom is -0.311 e. The monoisotopic (exact) mass is 492 g/mol. The Kier molecular flexibility index (Phi) is 7.45. The van der Waals surface area contributed by atoms with Crippen molar-refractivity contribution in [2.24, 2.45) is 7.05 Å². The van der Waals surface area contributed by atoms with E-state index in [1.54, 1.807) is 11.0 Å². The normalized spacial score (nSPS) is 11.3. The zero-order valence-corrected chi connectivity index (χ0v) is 21.8. The molecule has 4 rings (SSSR count). The first kappa shape index (κ1) is 24.8. The van der Waals surface area contributed by atoms with Crippen molar-refractivity contribution < 1.29 is 4.79 Å². The first-order chi connectivity index (χ1) is 16.8. The first-order valence-electron chi connectivity index (χ1n) is 11.9. The van der Waals surface area contributed by atoms with E-state index in [1.165, 1.54) is 11.8 Å². The van der Waals surface area contributed by atoms with Gasteiger partial charge < -0.3 is 9.13 Å². The number of unbranched alkanes of at least 4 members (excludes halogenated alkanes) is 2. The standard InChI is InChI=1S/C26H32N6O2S/c1-6-7-11-14-30-17-27-28-26(30)35-16-23(33)22-15-18(2)31(19(22)3)24-20(4)29(5)32(25(24)34)21-12-9-8-10-13-21/h8-10,12-13,15,17H,6-7,11,14,16H2,1-5H3. The number of carbonyl (C=O) groups is 1. The summed E-state index contributed by atoms with van der Waals surface area (Å²) < 4.78 is 7.43. The van der Waals surface area contributed by atoms with Crippen molar-refractivity contribution in [2.75, 3.05) is 5.75 Å². The summed E-state index contributed by atoms with van der Waals surface area (Å²) in [6, 6.07) is 11.4. The number of para-hydroxylation sites is 1. The van der Waals surface area contributed by atoms with E-state index in [1.807, 2.05) is 78.0 Å². The lowest BCUT2D eigenvalue weighted by molar-refractivity contribution is 0.102. The molecule has 1 aromatic carbocycles. The summed E-state index contributed by atoms with van der Waals surface area (Å²) in [5, 5.41) is 8.97. The van der Waals surface area contributed by atoms with E-state index >= 15 is 0 Å². The van der Waals surface area contributed by atoms with Gasteiger partial charge in [-0.05, 0) is 45.4 Å². The molecule has 0 radical (unpaired) electrons. The van der Waals surface area contributed by atoms with Crippen LogP contribution in [0, 0.1) is 20.8 Å². The number of hydrogen-bond acceptors (Lipinski definition) is 5. The number of aryl methyl sites for hydroxylation is 2. The molecule has 9 heteroatoms. The third kappa shape index (κ3) is 4.77. The molecule has 0 fully saturated rings. The molecule has 0 saturated carbocycles. The van der Waals surface area contributed by atoms with Crippen molar-refractivity contribution in [3.63, 3.8) is 0 Å². The number of thioether (sulfide) groups is 1. The van der Waals surface area contributed by atoms with Gasteiger partial charge in [-0.1, -0.05) is 49.7 Å². The molecule has 4 aromatic rings. The maximum atomic E-state index is 13.5. The molecule has 0 atom stereocenters. The fourth-order valence-electron chi connectivity index (χ4n) is 4.45. The van der Waals surface area contributed by atoms with Gasteiger partial charge in [-0.2, -0.15) is 0 Å². The topological polar surface area (TPSA) is 79.6 Å². The Hall–Kier alpha value is -3.33. The molecule has 35 heavy (non-hydrogen) atoms. The Morgan fingerprint density at radius 2 is 1.80 bits per heavy atom. The minimum atomic E-state index is -0.119. The van der Waals surface area contributed by atoms with Gasteiger partial charge in [-0.15, -0.1) is 10.2 Å². The summed E-state index contributed by atoms with van der Waals surface area (Å²) in [7, 11) is 1.88. The summed E-state index contributed by atoms with van der Waals surface area (Å²) >= 11 is 1.41. The third-order valence-electron chi connectivity index (χ3n) is 6.39. The van der Waals surface area contributed by atoms with Crippen LogP contribution in [0.3, 0.4) is 0 Å². The van der Waals surface area contributed by atoms with Crippen molar-refractivity contribution in [1.82, 2.24) is 28.7 Å². The SMILES string of the molecule is CCCCCn1cnnc1SCC(=O)c1cc(C)n(-c2c(C)n(C)n(-c3ccccc3)c2=O)c1C. The lowest BCUT2D eigenvalue weighted by atomic mass is 10.2. The van der Waals surface area contributed by atoms with Crippen LogP contribution in [0.1, 0.15) is 53.6 Å². The molecule has 8 nitrogen and oxygen atoms in total. The van der Waals surface area contributed by atoms with Crippen LogP contribution in [-0.2, 0) is 13.6 Å². The molecule has 0 aliphatic heterocycles. The Labute approximate surface area is 209 Å². The lowest BCUT2D eigenvalue weighted by Crippen LogP contribution is -2.22. The second kappa shape index (κ2) is 10.5. The van der Waals surface area contributed by atoms with Gasteiger partial charge in [-0.25, -0.2) is 4.68 Å². The van der Waals surface area contributed by atoms with Crippen molar-refractivity contribution in [3.8, 4) is 11.4 Å². The molecule has 0 unspecified atom stereocenters. The van der Waals surface area contributed by atoms with Gasteiger partial charge in [0, 0.05) is 30.5 Å². The van der Waals surface area contributed by atoms with Crippen LogP contribution in [0.5, 0.6) is 0 Å². The van der Waals surface area contributed by atoms with Gasteiger partial charge in [0.25, 0.3) is 5.56 Å². The zero-order chi connectivity index (χ0) is 25.1. The quantitative estimate of drug-likeness (QED) is 0.183. The molecule has 0 aliphatic carbocycles. The highest BCUT2D eigenvalue weighted by Crippen LogP contribution is 2.25. The number of ketones is 1. The first-order valence-corrected chi connectivity index (χ1v) is 12.9. The van der Waals surface area contributed by atoms with Gasteiger partial charge in [0.15, 0.2) is 10.9 Å². The van der Waals surface area contributed by atoms with E-state index in [2.05, 4.69) is 17.1 Å². The van der Waals surface area contributed by atoms with Crippen LogP contribution in [0.25, 0.3) is 11.4 Å². The van der Waals surface area contributed by atoms with Gasteiger partial charge in [0.1, 0.15) is 12.0 Å². The number of benzene rings is 1. The fraction of sp³-hybridized carbons (Fsp3) is 0.385. The van der Waals surface area contributed by atoms with E-state index in [0.29, 0.717) is 11.3 Å². The molecule has 0 bridgehead atoms. The highest BCUT2D eigenvalue weighted by Gasteiger charge is 2.24. The Balaban J connectivity index is 1.61. The summed E-state index contributed by atoms with van der Waals surface area (Å²) in [5.41, 5.74) is 4.32. The minimum absolute atomic E-state index is 0.00873. The maximum absolute atomic E-state index is 13.5. The van der Waals surface area contributed by atoms with Gasteiger partial charge in [0.05, 0.1) is 17.1 Å². The molecule has 0 aliphatic rings. The number of carbonyl (C=O) groups excluding carboxylic acids is 1. The summed E-state index contributed by atoms with van der Waals surface area (Å²) in [6.45, 7) is 8.78. The smallest absolute Gasteiger partial charge is 0.295 e. The van der Waals surface area contributed by atoms with Gasteiger partial charge in [-0.3, -0.25) is 14.3 Å². The lowest BCUT2D eigenvalue weighted by Gasteiger charge is -2.09. The molecule has 0 amide bonds. The molecule has 3 aromatic heterocycles. The van der Waals surface area contributed by atoms with E-state index in [0.717, 1.165) is 53.7 Å². The second-order valence-corrected chi connectivity index (χ2v) is 9.70. The van der Waals surface area contributed by atoms with E-state index < -0.39 is 0 Å². The molecule has 184 valence electrons. The molecule has 0 saturated heterocycles. The summed E-state index contributed by atoms with van der Waals surface area (Å²) in [5.74, 6) is 0.271. The Morgan fingerprint density at radius 3 is 2.51 bits per heavy atom. The molecule has 0 N–H and O–H groups in total. The van der Waals surface area contributed by atoms with Crippen molar-refractivity contribution in [1.29, 1.82) is 0 Å². The van der Waals surface area contributed by atoms with Crippen LogP contribution < -0.4 is 5.56 Å². The molecule has 3 heterocycles. The predicted molar refractivity (Wildman–Crippen MR) is 139 cm³/mol. The van der Waals surface area contributed by atoms with Crippen molar-refractivity contribution >= 4 is 17.5 Å². The number of aromatic nitrogens is 6. The molecular formula is C26H32N6O2S. The summed E-state index contributed by atoms with van der Waals surface area (Å²) in [6.07, 6.45) is 5.09. The zero-order valence-electron chi connectivity index (χ0n) is 21.0. The fourth-order valence-corrected chi connectivity index (χ4v) is 5.28. The number of rotatable bonds is 10. The highest BCUT2D eigenvalue weighted by molar-refractivity contribution is 7.99. The van der Waals surface area contributed by atoms with Crippen LogP contribution in [0.15, 0.2) is 52.7 Å². The third-order valence-corrected chi connectivity index (χ3v) is 7.37. The predicted octanol–water partition coefficient (Wildman–Crippen LogP) is 4.65. The van der Waals surface area contributed by atoms with Crippen LogP contribution >= 0.6 is 11.8 Å². The van der Waals surface area contributed by atoms with E-state index in [-0.39, 0.29) is 17.1 Å². The Bertz CT molecular complexity index is 1390. The highest BCUT2D eigenvalue weighted by atomic mass is 32.2. The molecular weight excluding hydrogens is 460 g/mol. The number of Topliss-reactive ketones (excluding diaryl/α,β-unsaturated/α-hetero) is 1. The number of hydrogen-bond donors (Lipinski definition) is 0. The summed E-state index contributed by atoms with van der Waals surface area (Å²) in [4.78, 5) is 26.7. The van der Waals surface area contributed by atoms with Crippen LogP contribution in [0.2, 0.25) is 0 Å². The second-order valence-electron chi connectivity index (χ2n) is 8.76. The average molecular weight is 493 g/mol. The van der Waals surface area contributed by atoms with Gasteiger partial charge >= 0.3 is 0 Å². The van der Waals surface area contributed by atoms with Crippen LogP contribution in [0.4, 0.5) is 0 Å². The molecule has 0 spiro atoms. The largest absolute Gasteiger partial charge is 0.311 e. The van der Waals surface area contributed by atoms with Gasteiger partial charge in [0.2, 0.25) is 0 Å². The van der Waals surface area contributed by atoms with Crippen LogP contribution in [-0.4, -0.2) is 40.2 Å². The Morgan fingerprint density at radius 1 is 1.06 bits per heavy atom. The average Bonchev–Trinajstić information content (AvgIpc) is 3.48. The van der Waals surface area contributed by atoms with Crippen molar-refractivity contribution in [3.05, 3.63) is 75.7 Å². The van der Waals surface area contributed by atoms with Crippen molar-refractivity contribution in [2.45, 2.75) is 58.7 Å². The number of nitrogens with zero attached hydrogens (tertiary/aromatic N) is 6.